The summed E-state index contributed by atoms with van der Waals surface area (Å²) >= 11 is 0. The molecular weight excluding hydrogens is 436 g/mol. The Bertz CT molecular complexity index is 1040. The largest absolute Gasteiger partial charge is 0.462 e. The molecule has 1 atom stereocenters. The maximum absolute atomic E-state index is 12.5. The van der Waals surface area contributed by atoms with Crippen molar-refractivity contribution in [2.45, 2.75) is 40.0 Å². The van der Waals surface area contributed by atoms with Gasteiger partial charge in [-0.05, 0) is 55.7 Å². The highest BCUT2D eigenvalue weighted by atomic mass is 16.5. The Morgan fingerprint density at radius 1 is 1.03 bits per heavy atom. The van der Waals surface area contributed by atoms with Crippen molar-refractivity contribution >= 4 is 35.1 Å². The van der Waals surface area contributed by atoms with Gasteiger partial charge >= 0.3 is 11.9 Å². The molecule has 0 saturated carbocycles. The molecule has 180 valence electrons. The molecule has 3 rings (SSSR count). The van der Waals surface area contributed by atoms with Crippen LogP contribution < -0.4 is 10.2 Å². The SMILES string of the molecule is CCCCOC(=O)c1ccc(N2C[C@@H](C(=O)OCC(=O)Nc3c(C)cccc3C)CC2=O)cc1. The summed E-state index contributed by atoms with van der Waals surface area (Å²) in [5.74, 6) is -2.33. The molecule has 34 heavy (non-hydrogen) atoms. The third-order valence-electron chi connectivity index (χ3n) is 5.70. The van der Waals surface area contributed by atoms with Crippen LogP contribution in [-0.4, -0.2) is 43.5 Å². The quantitative estimate of drug-likeness (QED) is 0.446. The zero-order valence-electron chi connectivity index (χ0n) is 19.8. The molecule has 2 aromatic carbocycles. The Kier molecular flexibility index (Phi) is 8.40. The van der Waals surface area contributed by atoms with Gasteiger partial charge in [0.15, 0.2) is 6.61 Å². The Hall–Kier alpha value is -3.68. The second kappa shape index (κ2) is 11.4. The van der Waals surface area contributed by atoms with Crippen LogP contribution in [0.1, 0.15) is 47.7 Å². The van der Waals surface area contributed by atoms with E-state index in [1.54, 1.807) is 24.3 Å². The van der Waals surface area contributed by atoms with E-state index in [9.17, 15) is 19.2 Å². The number of unbranched alkanes of at least 4 members (excludes halogenated alkanes) is 1. The van der Waals surface area contributed by atoms with Crippen LogP contribution in [0.15, 0.2) is 42.5 Å². The van der Waals surface area contributed by atoms with Crippen LogP contribution in [0, 0.1) is 19.8 Å². The Morgan fingerprint density at radius 3 is 2.35 bits per heavy atom. The molecule has 0 spiro atoms. The van der Waals surface area contributed by atoms with E-state index >= 15 is 0 Å². The molecule has 1 aliphatic heterocycles. The van der Waals surface area contributed by atoms with Crippen molar-refractivity contribution in [1.82, 2.24) is 0 Å². The van der Waals surface area contributed by atoms with Crippen LogP contribution in [0.2, 0.25) is 0 Å². The van der Waals surface area contributed by atoms with Gasteiger partial charge in [0.1, 0.15) is 0 Å². The van der Waals surface area contributed by atoms with Gasteiger partial charge < -0.3 is 19.7 Å². The predicted octanol–water partition coefficient (Wildman–Crippen LogP) is 3.80. The molecule has 0 unspecified atom stereocenters. The summed E-state index contributed by atoms with van der Waals surface area (Å²) in [6.07, 6.45) is 1.74. The average molecular weight is 467 g/mol. The van der Waals surface area contributed by atoms with Crippen molar-refractivity contribution in [3.8, 4) is 0 Å². The topological polar surface area (TPSA) is 102 Å². The monoisotopic (exact) mass is 466 g/mol. The number of carbonyl (C=O) groups excluding carboxylic acids is 4. The van der Waals surface area contributed by atoms with Gasteiger partial charge in [-0.1, -0.05) is 31.5 Å². The second-order valence-corrected chi connectivity index (χ2v) is 8.36. The Balaban J connectivity index is 1.52. The number of nitrogens with zero attached hydrogens (tertiary/aromatic N) is 1. The fourth-order valence-electron chi connectivity index (χ4n) is 3.73. The number of amides is 2. The minimum Gasteiger partial charge on any atom is -0.462 e. The van der Waals surface area contributed by atoms with Crippen molar-refractivity contribution < 1.29 is 28.7 Å². The van der Waals surface area contributed by atoms with Crippen LogP contribution in [-0.2, 0) is 23.9 Å². The number of carbonyl (C=O) groups is 4. The molecule has 0 radical (unpaired) electrons. The first-order chi connectivity index (χ1) is 16.3. The summed E-state index contributed by atoms with van der Waals surface area (Å²) in [5, 5.41) is 2.77. The molecule has 1 N–H and O–H groups in total. The third-order valence-corrected chi connectivity index (χ3v) is 5.70. The van der Waals surface area contributed by atoms with Gasteiger partial charge in [0.25, 0.3) is 5.91 Å². The van der Waals surface area contributed by atoms with Gasteiger partial charge in [-0.15, -0.1) is 0 Å². The first-order valence-corrected chi connectivity index (χ1v) is 11.4. The first kappa shape index (κ1) is 25.0. The van der Waals surface area contributed by atoms with Crippen LogP contribution in [0.3, 0.4) is 0 Å². The lowest BCUT2D eigenvalue weighted by Gasteiger charge is -2.17. The normalized spacial score (nSPS) is 15.2. The third kappa shape index (κ3) is 6.21. The standard InChI is InChI=1S/C26H30N2O6/c1-4-5-13-33-25(31)19-9-11-21(12-10-19)28-15-20(14-23(28)30)26(32)34-16-22(29)27-24-17(2)7-6-8-18(24)3/h6-12,20H,4-5,13-16H2,1-3H3,(H,27,29)/t20-/m0/s1. The smallest absolute Gasteiger partial charge is 0.338 e. The molecule has 0 bridgehead atoms. The van der Waals surface area contributed by atoms with E-state index in [2.05, 4.69) is 5.32 Å². The van der Waals surface area contributed by atoms with Crippen molar-refractivity contribution in [3.63, 3.8) is 0 Å². The second-order valence-electron chi connectivity index (χ2n) is 8.36. The number of para-hydroxylation sites is 1. The van der Waals surface area contributed by atoms with Gasteiger partial charge in [-0.3, -0.25) is 14.4 Å². The first-order valence-electron chi connectivity index (χ1n) is 11.4. The molecular formula is C26H30N2O6. The van der Waals surface area contributed by atoms with Gasteiger partial charge in [0, 0.05) is 24.3 Å². The number of benzene rings is 2. The number of aryl methyl sites for hydroxylation is 2. The maximum Gasteiger partial charge on any atom is 0.338 e. The van der Waals surface area contributed by atoms with E-state index in [1.807, 2.05) is 39.0 Å². The molecule has 1 fully saturated rings. The van der Waals surface area contributed by atoms with Crippen molar-refractivity contribution in [1.29, 1.82) is 0 Å². The van der Waals surface area contributed by atoms with E-state index in [0.717, 1.165) is 24.0 Å². The summed E-state index contributed by atoms with van der Waals surface area (Å²) in [6.45, 7) is 5.88. The summed E-state index contributed by atoms with van der Waals surface area (Å²) in [7, 11) is 0. The maximum atomic E-state index is 12.5. The lowest BCUT2D eigenvalue weighted by molar-refractivity contribution is -0.151. The summed E-state index contributed by atoms with van der Waals surface area (Å²) in [6, 6.07) is 12.2. The van der Waals surface area contributed by atoms with Crippen LogP contribution in [0.5, 0.6) is 0 Å². The van der Waals surface area contributed by atoms with Crippen molar-refractivity contribution in [2.75, 3.05) is 30.0 Å². The fourth-order valence-corrected chi connectivity index (χ4v) is 3.73. The van der Waals surface area contributed by atoms with Gasteiger partial charge in [0.2, 0.25) is 5.91 Å². The summed E-state index contributed by atoms with van der Waals surface area (Å²) in [4.78, 5) is 50.7. The van der Waals surface area contributed by atoms with Gasteiger partial charge in [-0.2, -0.15) is 0 Å². The van der Waals surface area contributed by atoms with Gasteiger partial charge in [0.05, 0.1) is 18.1 Å². The highest BCUT2D eigenvalue weighted by Gasteiger charge is 2.36. The van der Waals surface area contributed by atoms with Crippen LogP contribution >= 0.6 is 0 Å². The summed E-state index contributed by atoms with van der Waals surface area (Å²) in [5.41, 5.74) is 3.51. The highest BCUT2D eigenvalue weighted by Crippen LogP contribution is 2.26. The van der Waals surface area contributed by atoms with E-state index in [0.29, 0.717) is 23.5 Å². The van der Waals surface area contributed by atoms with Crippen molar-refractivity contribution in [2.24, 2.45) is 5.92 Å². The number of nitrogens with one attached hydrogen (secondary N) is 1. The lowest BCUT2D eigenvalue weighted by atomic mass is 10.1. The molecule has 0 aliphatic carbocycles. The molecule has 2 aromatic rings. The Morgan fingerprint density at radius 2 is 1.71 bits per heavy atom. The molecule has 0 aromatic heterocycles. The fraction of sp³-hybridized carbons (Fsp3) is 0.385. The van der Waals surface area contributed by atoms with Crippen molar-refractivity contribution in [3.05, 3.63) is 59.2 Å². The average Bonchev–Trinajstić information content (AvgIpc) is 3.22. The summed E-state index contributed by atoms with van der Waals surface area (Å²) < 4.78 is 10.4. The minimum atomic E-state index is -0.667. The molecule has 8 heteroatoms. The highest BCUT2D eigenvalue weighted by molar-refractivity contribution is 6.00. The number of ether oxygens (including phenoxy) is 2. The molecule has 2 amide bonds. The van der Waals surface area contributed by atoms with E-state index in [4.69, 9.17) is 9.47 Å². The Labute approximate surface area is 199 Å². The lowest BCUT2D eigenvalue weighted by Crippen LogP contribution is -2.28. The number of hydrogen-bond donors (Lipinski definition) is 1. The zero-order valence-corrected chi connectivity index (χ0v) is 19.8. The predicted molar refractivity (Wildman–Crippen MR) is 128 cm³/mol. The molecule has 1 heterocycles. The van der Waals surface area contributed by atoms with Gasteiger partial charge in [-0.25, -0.2) is 4.79 Å². The number of esters is 2. The van der Waals surface area contributed by atoms with E-state index in [-0.39, 0.29) is 18.9 Å². The molecule has 1 saturated heterocycles. The minimum absolute atomic E-state index is 0.00182. The number of rotatable bonds is 9. The number of hydrogen-bond acceptors (Lipinski definition) is 6. The van der Waals surface area contributed by atoms with E-state index in [1.165, 1.54) is 4.90 Å². The number of anilines is 2. The van der Waals surface area contributed by atoms with Crippen LogP contribution in [0.25, 0.3) is 0 Å². The zero-order chi connectivity index (χ0) is 24.7. The van der Waals surface area contributed by atoms with E-state index < -0.39 is 30.4 Å². The molecule has 1 aliphatic rings. The molecule has 8 nitrogen and oxygen atoms in total. The van der Waals surface area contributed by atoms with Crippen LogP contribution in [0.4, 0.5) is 11.4 Å².